The molecule has 0 fully saturated rings. The van der Waals surface area contributed by atoms with Gasteiger partial charge in [0.25, 0.3) is 5.91 Å². The summed E-state index contributed by atoms with van der Waals surface area (Å²) in [5.41, 5.74) is 1.11. The molecule has 0 saturated heterocycles. The zero-order valence-corrected chi connectivity index (χ0v) is 20.4. The molecule has 0 spiro atoms. The van der Waals surface area contributed by atoms with Crippen molar-refractivity contribution in [3.05, 3.63) is 70.3 Å². The van der Waals surface area contributed by atoms with Crippen LogP contribution in [0.1, 0.15) is 28.7 Å². The maximum absolute atomic E-state index is 13.7. The standard InChI is InChI=1S/C23H22ClF3N2O5S/c1-12(30)8-16-11-17(22(31)28-15-5-7-21(18(24)10-15)35(3,32)33)13(2)29(16)19-6-4-14(25)9-20(19)34-23(26)27/h4-7,9-12,23,30H,8H2,1-3H3,(H,28,31)/t12-/m0/s1. The van der Waals surface area contributed by atoms with Gasteiger partial charge < -0.3 is 19.7 Å². The van der Waals surface area contributed by atoms with Crippen LogP contribution in [0.3, 0.4) is 0 Å². The molecule has 3 aromatic rings. The highest BCUT2D eigenvalue weighted by Crippen LogP contribution is 2.32. The lowest BCUT2D eigenvalue weighted by Crippen LogP contribution is -2.14. The summed E-state index contributed by atoms with van der Waals surface area (Å²) in [6.07, 6.45) is 0.208. The number of alkyl halides is 2. The summed E-state index contributed by atoms with van der Waals surface area (Å²) in [5, 5.41) is 12.5. The molecule has 7 nitrogen and oxygen atoms in total. The summed E-state index contributed by atoms with van der Waals surface area (Å²) in [6, 6.07) is 8.49. The predicted octanol–water partition coefficient (Wildman–Crippen LogP) is 4.76. The topological polar surface area (TPSA) is 97.6 Å². The van der Waals surface area contributed by atoms with Crippen LogP contribution in [0.4, 0.5) is 18.9 Å². The average molecular weight is 531 g/mol. The third-order valence-corrected chi connectivity index (χ3v) is 6.62. The second-order valence-corrected chi connectivity index (χ2v) is 10.3. The van der Waals surface area contributed by atoms with Gasteiger partial charge in [-0.2, -0.15) is 8.78 Å². The first-order valence-electron chi connectivity index (χ1n) is 10.2. The molecule has 1 aromatic heterocycles. The maximum Gasteiger partial charge on any atom is 0.387 e. The van der Waals surface area contributed by atoms with Gasteiger partial charge >= 0.3 is 6.61 Å². The Morgan fingerprint density at radius 2 is 1.89 bits per heavy atom. The molecular formula is C23H22ClF3N2O5S. The number of aliphatic hydroxyl groups excluding tert-OH is 1. The van der Waals surface area contributed by atoms with E-state index in [-0.39, 0.29) is 33.3 Å². The molecule has 1 heterocycles. The Balaban J connectivity index is 2.06. The highest BCUT2D eigenvalue weighted by Gasteiger charge is 2.23. The van der Waals surface area contributed by atoms with E-state index >= 15 is 0 Å². The predicted molar refractivity (Wildman–Crippen MR) is 125 cm³/mol. The van der Waals surface area contributed by atoms with Gasteiger partial charge in [0.1, 0.15) is 5.82 Å². The van der Waals surface area contributed by atoms with Crippen molar-refractivity contribution in [1.29, 1.82) is 0 Å². The lowest BCUT2D eigenvalue weighted by molar-refractivity contribution is -0.0500. The monoisotopic (exact) mass is 530 g/mol. The number of hydrogen-bond donors (Lipinski definition) is 2. The van der Waals surface area contributed by atoms with Gasteiger partial charge in [0.15, 0.2) is 15.6 Å². The van der Waals surface area contributed by atoms with Crippen molar-refractivity contribution in [2.45, 2.75) is 37.9 Å². The largest absolute Gasteiger partial charge is 0.432 e. The molecule has 0 unspecified atom stereocenters. The van der Waals surface area contributed by atoms with Gasteiger partial charge in [-0.25, -0.2) is 12.8 Å². The Morgan fingerprint density at radius 1 is 1.20 bits per heavy atom. The fraction of sp³-hybridized carbons (Fsp3) is 0.261. The zero-order valence-electron chi connectivity index (χ0n) is 18.9. The quantitative estimate of drug-likeness (QED) is 0.438. The number of aromatic nitrogens is 1. The van der Waals surface area contributed by atoms with Crippen LogP contribution in [0.25, 0.3) is 5.69 Å². The fourth-order valence-electron chi connectivity index (χ4n) is 3.63. The van der Waals surface area contributed by atoms with Crippen LogP contribution in [0.15, 0.2) is 47.4 Å². The van der Waals surface area contributed by atoms with E-state index in [9.17, 15) is 31.5 Å². The number of nitrogens with zero attached hydrogens (tertiary/aromatic N) is 1. The minimum Gasteiger partial charge on any atom is -0.432 e. The smallest absolute Gasteiger partial charge is 0.387 e. The van der Waals surface area contributed by atoms with E-state index < -0.39 is 40.0 Å². The molecule has 0 aliphatic carbocycles. The summed E-state index contributed by atoms with van der Waals surface area (Å²) in [7, 11) is -3.56. The van der Waals surface area contributed by atoms with Crippen molar-refractivity contribution in [2.75, 3.05) is 11.6 Å². The molecule has 1 amide bonds. The molecule has 188 valence electrons. The number of nitrogens with one attached hydrogen (secondary N) is 1. The SMILES string of the molecule is Cc1c(C(=O)Nc2ccc(S(C)(=O)=O)c(Cl)c2)cc(C[C@H](C)O)n1-c1ccc(F)cc1OC(F)F. The molecule has 0 aliphatic rings. The summed E-state index contributed by atoms with van der Waals surface area (Å²) < 4.78 is 69.1. The molecule has 0 aliphatic heterocycles. The van der Waals surface area contributed by atoms with E-state index in [2.05, 4.69) is 10.1 Å². The number of rotatable bonds is 8. The van der Waals surface area contributed by atoms with Crippen LogP contribution in [0, 0.1) is 12.7 Å². The van der Waals surface area contributed by atoms with Gasteiger partial charge in [0.05, 0.1) is 27.3 Å². The second kappa shape index (κ2) is 10.3. The molecule has 12 heteroatoms. The first-order chi connectivity index (χ1) is 16.3. The molecule has 0 radical (unpaired) electrons. The first-order valence-corrected chi connectivity index (χ1v) is 12.5. The van der Waals surface area contributed by atoms with Crippen LogP contribution >= 0.6 is 11.6 Å². The Hall–Kier alpha value is -3.02. The normalized spacial score (nSPS) is 12.6. The number of hydrogen-bond acceptors (Lipinski definition) is 5. The van der Waals surface area contributed by atoms with Crippen molar-refractivity contribution in [1.82, 2.24) is 4.57 Å². The number of carbonyl (C=O) groups is 1. The maximum atomic E-state index is 13.7. The molecule has 35 heavy (non-hydrogen) atoms. The van der Waals surface area contributed by atoms with E-state index in [0.29, 0.717) is 11.4 Å². The minimum absolute atomic E-state index is 0.0501. The molecule has 2 aromatic carbocycles. The third kappa shape index (κ3) is 6.16. The van der Waals surface area contributed by atoms with Crippen LogP contribution in [-0.2, 0) is 16.3 Å². The van der Waals surface area contributed by atoms with Gasteiger partial charge in [-0.05, 0) is 50.2 Å². The Kier molecular flexibility index (Phi) is 7.83. The van der Waals surface area contributed by atoms with Gasteiger partial charge in [0.2, 0.25) is 0 Å². The number of halogens is 4. The van der Waals surface area contributed by atoms with E-state index in [1.807, 2.05) is 0 Å². The molecular weight excluding hydrogens is 509 g/mol. The summed E-state index contributed by atoms with van der Waals surface area (Å²) in [6.45, 7) is -0.150. The Labute approximate surface area is 205 Å². The van der Waals surface area contributed by atoms with Gasteiger partial charge in [0, 0.05) is 35.8 Å². The number of aliphatic hydroxyl groups is 1. The van der Waals surface area contributed by atoms with Crippen molar-refractivity contribution in [3.63, 3.8) is 0 Å². The Morgan fingerprint density at radius 3 is 2.46 bits per heavy atom. The molecule has 0 bridgehead atoms. The van der Waals surface area contributed by atoms with E-state index in [4.69, 9.17) is 11.6 Å². The number of amides is 1. The molecule has 0 saturated carbocycles. The van der Waals surface area contributed by atoms with E-state index in [1.165, 1.54) is 41.8 Å². The molecule has 2 N–H and O–H groups in total. The first kappa shape index (κ1) is 26.6. The third-order valence-electron chi connectivity index (χ3n) is 5.04. The summed E-state index contributed by atoms with van der Waals surface area (Å²) in [4.78, 5) is 13.0. The van der Waals surface area contributed by atoms with E-state index in [0.717, 1.165) is 18.4 Å². The lowest BCUT2D eigenvalue weighted by Gasteiger charge is -2.17. The van der Waals surface area contributed by atoms with Crippen LogP contribution < -0.4 is 10.1 Å². The van der Waals surface area contributed by atoms with Crippen molar-refractivity contribution in [3.8, 4) is 11.4 Å². The van der Waals surface area contributed by atoms with Crippen LogP contribution in [-0.4, -0.2) is 43.0 Å². The highest BCUT2D eigenvalue weighted by atomic mass is 35.5. The number of ether oxygens (including phenoxy) is 1. The van der Waals surface area contributed by atoms with Crippen molar-refractivity contribution in [2.24, 2.45) is 0 Å². The van der Waals surface area contributed by atoms with Crippen LogP contribution in [0.2, 0.25) is 5.02 Å². The lowest BCUT2D eigenvalue weighted by atomic mass is 10.2. The van der Waals surface area contributed by atoms with E-state index in [1.54, 1.807) is 6.92 Å². The highest BCUT2D eigenvalue weighted by molar-refractivity contribution is 7.90. The second-order valence-electron chi connectivity index (χ2n) is 7.89. The number of anilines is 1. The number of benzene rings is 2. The Bertz CT molecular complexity index is 1370. The van der Waals surface area contributed by atoms with Crippen molar-refractivity contribution < 1.29 is 36.2 Å². The summed E-state index contributed by atoms with van der Waals surface area (Å²) >= 11 is 6.04. The molecule has 3 rings (SSSR count). The van der Waals surface area contributed by atoms with Gasteiger partial charge in [-0.3, -0.25) is 4.79 Å². The average Bonchev–Trinajstić information content (AvgIpc) is 3.02. The zero-order chi connectivity index (χ0) is 26.1. The van der Waals surface area contributed by atoms with Crippen LogP contribution in [0.5, 0.6) is 5.75 Å². The number of sulfone groups is 1. The van der Waals surface area contributed by atoms with Crippen molar-refractivity contribution >= 4 is 33.0 Å². The van der Waals surface area contributed by atoms with Gasteiger partial charge in [-0.15, -0.1) is 0 Å². The fourth-order valence-corrected chi connectivity index (χ4v) is 4.96. The molecule has 1 atom stereocenters. The summed E-state index contributed by atoms with van der Waals surface area (Å²) in [5.74, 6) is -1.84. The minimum atomic E-state index is -3.56. The van der Waals surface area contributed by atoms with Gasteiger partial charge in [-0.1, -0.05) is 11.6 Å². The number of carbonyl (C=O) groups excluding carboxylic acids is 1.